The van der Waals surface area contributed by atoms with Crippen LogP contribution in [-0.4, -0.2) is 37.0 Å². The maximum absolute atomic E-state index is 11.5. The lowest BCUT2D eigenvalue weighted by Crippen LogP contribution is -2.52. The molecule has 0 aromatic heterocycles. The topological polar surface area (TPSA) is 32.3 Å². The van der Waals surface area contributed by atoms with Gasteiger partial charge in [-0.3, -0.25) is 4.79 Å². The minimum atomic E-state index is 0.277. The van der Waals surface area contributed by atoms with Gasteiger partial charge in [0.15, 0.2) is 0 Å². The summed E-state index contributed by atoms with van der Waals surface area (Å²) < 4.78 is 0. The van der Waals surface area contributed by atoms with Crippen LogP contribution in [0, 0.1) is 5.41 Å². The average Bonchev–Trinajstić information content (AvgIpc) is 2.06. The number of piperazine rings is 1. The molecule has 1 aliphatic heterocycles. The maximum Gasteiger partial charge on any atom is 0.236 e. The summed E-state index contributed by atoms with van der Waals surface area (Å²) in [5, 5.41) is 3.10. The molecule has 2 fully saturated rings. The summed E-state index contributed by atoms with van der Waals surface area (Å²) >= 11 is 0. The van der Waals surface area contributed by atoms with E-state index in [1.807, 2.05) is 4.90 Å². The Bertz CT molecular complexity index is 211. The van der Waals surface area contributed by atoms with Crippen LogP contribution in [0.5, 0.6) is 0 Å². The number of hydrogen-bond acceptors (Lipinski definition) is 2. The summed E-state index contributed by atoms with van der Waals surface area (Å²) in [6, 6.07) is 0. The highest BCUT2D eigenvalue weighted by Crippen LogP contribution is 2.40. The van der Waals surface area contributed by atoms with Crippen molar-refractivity contribution in [2.24, 2.45) is 5.41 Å². The van der Waals surface area contributed by atoms with Crippen molar-refractivity contribution in [3.05, 3.63) is 0 Å². The molecular formula is C10H18N2O. The summed E-state index contributed by atoms with van der Waals surface area (Å²) in [6.45, 7) is 5.67. The minimum Gasteiger partial charge on any atom is -0.340 e. The zero-order valence-electron chi connectivity index (χ0n) is 8.31. The first-order valence-corrected chi connectivity index (χ1v) is 5.18. The number of carbonyl (C=O) groups excluding carboxylic acids is 1. The molecule has 3 nitrogen and oxygen atoms in total. The minimum absolute atomic E-state index is 0.277. The molecular weight excluding hydrogens is 164 g/mol. The lowest BCUT2D eigenvalue weighted by atomic mass is 9.70. The summed E-state index contributed by atoms with van der Waals surface area (Å²) in [7, 11) is 0. The molecule has 0 radical (unpaired) electrons. The van der Waals surface area contributed by atoms with Crippen LogP contribution in [0.1, 0.15) is 26.2 Å². The molecule has 1 N–H and O–H groups in total. The molecule has 1 heterocycles. The van der Waals surface area contributed by atoms with E-state index in [-0.39, 0.29) is 5.91 Å². The number of carbonyl (C=O) groups is 1. The molecule has 0 atom stereocenters. The van der Waals surface area contributed by atoms with Gasteiger partial charge in [0.2, 0.25) is 5.91 Å². The van der Waals surface area contributed by atoms with Gasteiger partial charge >= 0.3 is 0 Å². The van der Waals surface area contributed by atoms with Gasteiger partial charge in [-0.15, -0.1) is 0 Å². The summed E-state index contributed by atoms with van der Waals surface area (Å²) in [5.74, 6) is 0.277. The third-order valence-corrected chi connectivity index (χ3v) is 3.32. The number of amides is 1. The van der Waals surface area contributed by atoms with Crippen LogP contribution in [0.4, 0.5) is 0 Å². The van der Waals surface area contributed by atoms with Crippen LogP contribution in [0.3, 0.4) is 0 Å². The molecule has 0 unspecified atom stereocenters. The summed E-state index contributed by atoms with van der Waals surface area (Å²) in [4.78, 5) is 13.5. The number of rotatable bonds is 2. The molecule has 2 aliphatic rings. The lowest BCUT2D eigenvalue weighted by Gasteiger charge is -2.43. The second kappa shape index (κ2) is 3.29. The van der Waals surface area contributed by atoms with Crippen molar-refractivity contribution >= 4 is 5.91 Å². The van der Waals surface area contributed by atoms with E-state index in [0.717, 1.165) is 19.6 Å². The van der Waals surface area contributed by atoms with Crippen molar-refractivity contribution in [1.29, 1.82) is 0 Å². The van der Waals surface area contributed by atoms with Crippen molar-refractivity contribution in [3.63, 3.8) is 0 Å². The molecule has 0 bridgehead atoms. The normalized spacial score (nSPS) is 27.2. The van der Waals surface area contributed by atoms with Gasteiger partial charge in [0.25, 0.3) is 0 Å². The van der Waals surface area contributed by atoms with E-state index in [1.165, 1.54) is 19.3 Å². The molecule has 0 aromatic carbocycles. The largest absolute Gasteiger partial charge is 0.340 e. The zero-order chi connectivity index (χ0) is 9.31. The second-order valence-electron chi connectivity index (χ2n) is 4.66. The molecule has 0 spiro atoms. The maximum atomic E-state index is 11.5. The molecule has 1 saturated carbocycles. The van der Waals surface area contributed by atoms with E-state index >= 15 is 0 Å². The average molecular weight is 182 g/mol. The van der Waals surface area contributed by atoms with E-state index in [1.54, 1.807) is 0 Å². The van der Waals surface area contributed by atoms with Crippen LogP contribution in [0.2, 0.25) is 0 Å². The van der Waals surface area contributed by atoms with Crippen LogP contribution in [0.25, 0.3) is 0 Å². The molecule has 13 heavy (non-hydrogen) atoms. The standard InChI is InChI=1S/C10H18N2O/c1-10(3-2-4-10)8-12-6-5-11-7-9(12)13/h11H,2-8H2,1H3. The fourth-order valence-corrected chi connectivity index (χ4v) is 2.21. The van der Waals surface area contributed by atoms with Gasteiger partial charge in [-0.1, -0.05) is 13.3 Å². The van der Waals surface area contributed by atoms with E-state index in [0.29, 0.717) is 12.0 Å². The highest BCUT2D eigenvalue weighted by Gasteiger charge is 2.35. The van der Waals surface area contributed by atoms with Gasteiger partial charge in [0.1, 0.15) is 0 Å². The Labute approximate surface area is 79.5 Å². The van der Waals surface area contributed by atoms with Gasteiger partial charge in [-0.2, -0.15) is 0 Å². The molecule has 1 aliphatic carbocycles. The zero-order valence-corrected chi connectivity index (χ0v) is 8.31. The Morgan fingerprint density at radius 2 is 2.31 bits per heavy atom. The Morgan fingerprint density at radius 3 is 2.85 bits per heavy atom. The first-order chi connectivity index (χ1) is 6.20. The Hall–Kier alpha value is -0.570. The molecule has 74 valence electrons. The van der Waals surface area contributed by atoms with Crippen molar-refractivity contribution in [1.82, 2.24) is 10.2 Å². The number of hydrogen-bond donors (Lipinski definition) is 1. The first-order valence-electron chi connectivity index (χ1n) is 5.18. The van der Waals surface area contributed by atoms with Crippen LogP contribution in [0.15, 0.2) is 0 Å². The first kappa shape index (κ1) is 9.00. The summed E-state index contributed by atoms with van der Waals surface area (Å²) in [5.41, 5.74) is 0.438. The Morgan fingerprint density at radius 1 is 1.54 bits per heavy atom. The van der Waals surface area contributed by atoms with E-state index in [9.17, 15) is 4.79 Å². The van der Waals surface area contributed by atoms with Crippen molar-refractivity contribution in [3.8, 4) is 0 Å². The van der Waals surface area contributed by atoms with Gasteiger partial charge in [0.05, 0.1) is 6.54 Å². The molecule has 0 aromatic rings. The number of nitrogens with one attached hydrogen (secondary N) is 1. The van der Waals surface area contributed by atoms with Crippen LogP contribution < -0.4 is 5.32 Å². The molecule has 1 amide bonds. The van der Waals surface area contributed by atoms with Crippen molar-refractivity contribution in [2.45, 2.75) is 26.2 Å². The lowest BCUT2D eigenvalue weighted by molar-refractivity contribution is -0.134. The van der Waals surface area contributed by atoms with Gasteiger partial charge in [-0.05, 0) is 18.3 Å². The number of nitrogens with zero attached hydrogens (tertiary/aromatic N) is 1. The van der Waals surface area contributed by atoms with E-state index < -0.39 is 0 Å². The van der Waals surface area contributed by atoms with Gasteiger partial charge in [0, 0.05) is 19.6 Å². The third kappa shape index (κ3) is 1.85. The van der Waals surface area contributed by atoms with Crippen molar-refractivity contribution < 1.29 is 4.79 Å². The molecule has 1 saturated heterocycles. The highest BCUT2D eigenvalue weighted by atomic mass is 16.2. The summed E-state index contributed by atoms with van der Waals surface area (Å²) in [6.07, 6.45) is 3.94. The van der Waals surface area contributed by atoms with E-state index in [4.69, 9.17) is 0 Å². The Kier molecular flexibility index (Phi) is 2.28. The quantitative estimate of drug-likeness (QED) is 0.678. The SMILES string of the molecule is CC1(CN2CCNCC2=O)CCC1. The third-order valence-electron chi connectivity index (χ3n) is 3.32. The predicted octanol–water partition coefficient (Wildman–Crippen LogP) is 0.608. The molecule has 2 rings (SSSR count). The monoisotopic (exact) mass is 182 g/mol. The fourth-order valence-electron chi connectivity index (χ4n) is 2.21. The molecule has 3 heteroatoms. The van der Waals surface area contributed by atoms with E-state index in [2.05, 4.69) is 12.2 Å². The van der Waals surface area contributed by atoms with Gasteiger partial charge in [-0.25, -0.2) is 0 Å². The van der Waals surface area contributed by atoms with Crippen LogP contribution in [-0.2, 0) is 4.79 Å². The van der Waals surface area contributed by atoms with Crippen LogP contribution >= 0.6 is 0 Å². The second-order valence-corrected chi connectivity index (χ2v) is 4.66. The fraction of sp³-hybridized carbons (Fsp3) is 0.900. The smallest absolute Gasteiger partial charge is 0.236 e. The Balaban J connectivity index is 1.88. The van der Waals surface area contributed by atoms with Crippen molar-refractivity contribution in [2.75, 3.05) is 26.2 Å². The van der Waals surface area contributed by atoms with Gasteiger partial charge < -0.3 is 10.2 Å². The predicted molar refractivity (Wildman–Crippen MR) is 51.4 cm³/mol. The highest BCUT2D eigenvalue weighted by molar-refractivity contribution is 5.79.